The molecule has 0 radical (unpaired) electrons. The van der Waals surface area contributed by atoms with E-state index in [-0.39, 0.29) is 0 Å². The summed E-state index contributed by atoms with van der Waals surface area (Å²) in [5.74, 6) is -0.569. The number of ether oxygens (including phenoxy) is 3. The van der Waals surface area contributed by atoms with Gasteiger partial charge in [0, 0.05) is 14.2 Å². The molecule has 1 amide bonds. The molecule has 0 saturated carbocycles. The molecule has 7 heteroatoms. The molecule has 0 aromatic rings. The van der Waals surface area contributed by atoms with Crippen LogP contribution in [0.4, 0.5) is 0 Å². The molecule has 0 aromatic heterocycles. The summed E-state index contributed by atoms with van der Waals surface area (Å²) in [6.45, 7) is 3.05. The van der Waals surface area contributed by atoms with Crippen molar-refractivity contribution in [1.29, 1.82) is 0 Å². The van der Waals surface area contributed by atoms with E-state index in [0.29, 0.717) is 0 Å². The first kappa shape index (κ1) is 15.3. The predicted octanol–water partition coefficient (Wildman–Crippen LogP) is -1.38. The van der Waals surface area contributed by atoms with Gasteiger partial charge in [-0.1, -0.05) is 0 Å². The number of amides is 1. The number of rotatable bonds is 4. The van der Waals surface area contributed by atoms with Gasteiger partial charge in [0.1, 0.15) is 18.3 Å². The van der Waals surface area contributed by atoms with E-state index in [1.54, 1.807) is 6.92 Å². The molecular weight excluding hydrogens is 242 g/mol. The van der Waals surface area contributed by atoms with Gasteiger partial charge in [-0.2, -0.15) is 0 Å². The number of nitrogens with one attached hydrogen (secondary N) is 1. The monoisotopic (exact) mass is 263 g/mol. The lowest BCUT2D eigenvalue weighted by Crippen LogP contribution is -2.64. The van der Waals surface area contributed by atoms with Crippen molar-refractivity contribution < 1.29 is 29.2 Å². The summed E-state index contributed by atoms with van der Waals surface area (Å²) in [5, 5.41) is 21.8. The molecule has 7 nitrogen and oxygen atoms in total. The topological polar surface area (TPSA) is 97.3 Å². The number of aliphatic hydroxyl groups is 2. The zero-order valence-corrected chi connectivity index (χ0v) is 11.0. The van der Waals surface area contributed by atoms with Crippen molar-refractivity contribution >= 4 is 5.91 Å². The molecule has 106 valence electrons. The van der Waals surface area contributed by atoms with E-state index in [2.05, 4.69) is 5.32 Å². The Morgan fingerprint density at radius 2 is 2.00 bits per heavy atom. The molecule has 1 rings (SSSR count). The van der Waals surface area contributed by atoms with Gasteiger partial charge >= 0.3 is 0 Å². The zero-order chi connectivity index (χ0) is 13.9. The average molecular weight is 263 g/mol. The second-order valence-electron chi connectivity index (χ2n) is 4.35. The van der Waals surface area contributed by atoms with E-state index < -0.39 is 42.7 Å². The highest BCUT2D eigenvalue weighted by molar-refractivity contribution is 5.80. The molecule has 1 fully saturated rings. The van der Waals surface area contributed by atoms with Gasteiger partial charge in [0.2, 0.25) is 5.91 Å². The molecule has 0 spiro atoms. The van der Waals surface area contributed by atoms with Gasteiger partial charge in [0.05, 0.1) is 12.1 Å². The van der Waals surface area contributed by atoms with E-state index in [9.17, 15) is 9.90 Å². The zero-order valence-electron chi connectivity index (χ0n) is 11.0. The highest BCUT2D eigenvalue weighted by Crippen LogP contribution is 2.23. The molecule has 0 aromatic carbocycles. The van der Waals surface area contributed by atoms with Crippen LogP contribution < -0.4 is 5.32 Å². The lowest BCUT2D eigenvalue weighted by Gasteiger charge is -2.42. The molecule has 0 aliphatic carbocycles. The fourth-order valence-corrected chi connectivity index (χ4v) is 1.94. The van der Waals surface area contributed by atoms with Crippen LogP contribution in [0.15, 0.2) is 0 Å². The highest BCUT2D eigenvalue weighted by Gasteiger charge is 2.44. The summed E-state index contributed by atoms with van der Waals surface area (Å²) in [4.78, 5) is 11.4. The first-order valence-corrected chi connectivity index (χ1v) is 5.80. The number of methoxy groups -OCH3 is 2. The van der Waals surface area contributed by atoms with Gasteiger partial charge < -0.3 is 29.7 Å². The Kier molecular flexibility index (Phi) is 5.48. The quantitative estimate of drug-likeness (QED) is 0.578. The summed E-state index contributed by atoms with van der Waals surface area (Å²) >= 11 is 0. The highest BCUT2D eigenvalue weighted by atomic mass is 16.7. The third kappa shape index (κ3) is 3.18. The Balaban J connectivity index is 2.76. The van der Waals surface area contributed by atoms with Crippen LogP contribution in [0.3, 0.4) is 0 Å². The third-order valence-electron chi connectivity index (χ3n) is 3.02. The fraction of sp³-hybridized carbons (Fsp3) is 0.909. The van der Waals surface area contributed by atoms with E-state index in [1.165, 1.54) is 21.1 Å². The first-order valence-electron chi connectivity index (χ1n) is 5.80. The smallest absolute Gasteiger partial charge is 0.248 e. The van der Waals surface area contributed by atoms with Crippen LogP contribution >= 0.6 is 0 Å². The van der Waals surface area contributed by atoms with Crippen LogP contribution in [0.25, 0.3) is 0 Å². The van der Waals surface area contributed by atoms with Gasteiger partial charge in [0.25, 0.3) is 0 Å². The average Bonchev–Trinajstić information content (AvgIpc) is 2.33. The summed E-state index contributed by atoms with van der Waals surface area (Å²) in [7, 11) is 2.87. The summed E-state index contributed by atoms with van der Waals surface area (Å²) in [6.07, 6.45) is -3.99. The fourth-order valence-electron chi connectivity index (χ4n) is 1.94. The van der Waals surface area contributed by atoms with Gasteiger partial charge in [-0.15, -0.1) is 0 Å². The molecule has 6 atom stereocenters. The summed E-state index contributed by atoms with van der Waals surface area (Å²) in [6, 6.07) is -0.663. The predicted molar refractivity (Wildman–Crippen MR) is 61.8 cm³/mol. The molecule has 0 unspecified atom stereocenters. The minimum absolute atomic E-state index is 0.459. The van der Waals surface area contributed by atoms with Crippen molar-refractivity contribution in [3.05, 3.63) is 0 Å². The second kappa shape index (κ2) is 6.44. The van der Waals surface area contributed by atoms with Crippen LogP contribution in [0.1, 0.15) is 13.8 Å². The molecule has 1 aliphatic rings. The van der Waals surface area contributed by atoms with Gasteiger partial charge in [-0.3, -0.25) is 4.79 Å². The molecule has 0 bridgehead atoms. The molecule has 1 aliphatic heterocycles. The normalized spacial score (nSPS) is 38.2. The second-order valence-corrected chi connectivity index (χ2v) is 4.35. The van der Waals surface area contributed by atoms with Crippen LogP contribution in [0.5, 0.6) is 0 Å². The van der Waals surface area contributed by atoms with Crippen LogP contribution in [0.2, 0.25) is 0 Å². The molecule has 3 N–H and O–H groups in total. The Hall–Kier alpha value is -0.730. The Morgan fingerprint density at radius 3 is 2.44 bits per heavy atom. The van der Waals surface area contributed by atoms with Gasteiger partial charge in [-0.05, 0) is 13.8 Å². The SMILES string of the molecule is CO[C@H]1O[C@H](C)[C@@H](NC(=O)[C@@H](C)O)[C@H](O)[C@@H]1OC. The number of carbonyl (C=O) groups excluding carboxylic acids is 1. The molecule has 18 heavy (non-hydrogen) atoms. The number of hydrogen-bond acceptors (Lipinski definition) is 6. The number of carbonyl (C=O) groups is 1. The third-order valence-corrected chi connectivity index (χ3v) is 3.02. The minimum atomic E-state index is -1.15. The lowest BCUT2D eigenvalue weighted by molar-refractivity contribution is -0.269. The molecular formula is C11H21NO6. The minimum Gasteiger partial charge on any atom is -0.388 e. The van der Waals surface area contributed by atoms with E-state index in [4.69, 9.17) is 19.3 Å². The summed E-state index contributed by atoms with van der Waals surface area (Å²) < 4.78 is 15.7. The molecule has 1 heterocycles. The van der Waals surface area contributed by atoms with Crippen molar-refractivity contribution in [2.24, 2.45) is 0 Å². The van der Waals surface area contributed by atoms with Crippen molar-refractivity contribution in [3.63, 3.8) is 0 Å². The van der Waals surface area contributed by atoms with Crippen molar-refractivity contribution in [2.75, 3.05) is 14.2 Å². The van der Waals surface area contributed by atoms with Crippen molar-refractivity contribution in [2.45, 2.75) is 50.6 Å². The standard InChI is InChI=1S/C11H21NO6/c1-5(13)10(15)12-7-6(2)18-11(17-4)9(16-3)8(7)14/h5-9,11,13-14H,1-4H3,(H,12,15)/t5-,6-,7-,8+,9+,11+/m1/s1. The van der Waals surface area contributed by atoms with Gasteiger partial charge in [0.15, 0.2) is 6.29 Å². The van der Waals surface area contributed by atoms with E-state index in [0.717, 1.165) is 0 Å². The van der Waals surface area contributed by atoms with Crippen LogP contribution in [-0.2, 0) is 19.0 Å². The number of aliphatic hydroxyl groups excluding tert-OH is 2. The first-order chi connectivity index (χ1) is 8.42. The van der Waals surface area contributed by atoms with Gasteiger partial charge in [-0.25, -0.2) is 0 Å². The van der Waals surface area contributed by atoms with E-state index in [1.807, 2.05) is 0 Å². The van der Waals surface area contributed by atoms with Crippen molar-refractivity contribution in [1.82, 2.24) is 5.32 Å². The summed E-state index contributed by atoms with van der Waals surface area (Å²) in [5.41, 5.74) is 0. The van der Waals surface area contributed by atoms with Crippen LogP contribution in [-0.4, -0.2) is 67.1 Å². The largest absolute Gasteiger partial charge is 0.388 e. The maximum absolute atomic E-state index is 11.4. The number of hydrogen-bond donors (Lipinski definition) is 3. The Morgan fingerprint density at radius 1 is 1.39 bits per heavy atom. The maximum Gasteiger partial charge on any atom is 0.248 e. The van der Waals surface area contributed by atoms with E-state index >= 15 is 0 Å². The lowest BCUT2D eigenvalue weighted by atomic mass is 9.96. The Bertz CT molecular complexity index is 285. The maximum atomic E-state index is 11.4. The molecule has 1 saturated heterocycles. The van der Waals surface area contributed by atoms with Crippen LogP contribution in [0, 0.1) is 0 Å². The van der Waals surface area contributed by atoms with Crippen molar-refractivity contribution in [3.8, 4) is 0 Å². The Labute approximate surface area is 106 Å².